The molecule has 0 aliphatic carbocycles. The number of carbonyl (C=O) groups is 3. The lowest BCUT2D eigenvalue weighted by atomic mass is 10.1. The average molecular weight is 311 g/mol. The van der Waals surface area contributed by atoms with Crippen LogP contribution in [0.25, 0.3) is 0 Å². The first-order valence-electron chi connectivity index (χ1n) is 7.11. The van der Waals surface area contributed by atoms with Crippen molar-refractivity contribution < 1.29 is 14.4 Å². The van der Waals surface area contributed by atoms with Crippen molar-refractivity contribution in [3.8, 4) is 0 Å². The lowest BCUT2D eigenvalue weighted by molar-refractivity contribution is -0.133. The molecule has 0 saturated heterocycles. The predicted octanol–water partition coefficient (Wildman–Crippen LogP) is 1.93. The quantitative estimate of drug-likeness (QED) is 0.752. The second-order valence-electron chi connectivity index (χ2n) is 4.87. The van der Waals surface area contributed by atoms with E-state index in [9.17, 15) is 14.4 Å². The smallest absolute Gasteiger partial charge is 0.314 e. The Morgan fingerprint density at radius 1 is 0.913 bits per heavy atom. The highest BCUT2D eigenvalue weighted by molar-refractivity contribution is 6.44. The molecule has 0 fully saturated rings. The molecule has 0 aromatic heterocycles. The van der Waals surface area contributed by atoms with Crippen molar-refractivity contribution in [2.45, 2.75) is 13.3 Å². The minimum absolute atomic E-state index is 0.140. The molecule has 0 atom stereocenters. The topological polar surface area (TPSA) is 101 Å². The second-order valence-corrected chi connectivity index (χ2v) is 4.87. The molecule has 2 aromatic carbocycles. The molecule has 0 saturated carbocycles. The Morgan fingerprint density at radius 3 is 2.13 bits per heavy atom. The van der Waals surface area contributed by atoms with Crippen molar-refractivity contribution in [3.05, 3.63) is 59.7 Å². The molecule has 6 nitrogen and oxygen atoms in total. The predicted molar refractivity (Wildman–Crippen MR) is 88.0 cm³/mol. The highest BCUT2D eigenvalue weighted by Crippen LogP contribution is 2.14. The fourth-order valence-corrected chi connectivity index (χ4v) is 2.00. The summed E-state index contributed by atoms with van der Waals surface area (Å²) in [5, 5.41) is 4.88. The van der Waals surface area contributed by atoms with E-state index < -0.39 is 17.7 Å². The number of nitrogens with one attached hydrogen (secondary N) is 2. The van der Waals surface area contributed by atoms with Crippen LogP contribution in [0.5, 0.6) is 0 Å². The van der Waals surface area contributed by atoms with Gasteiger partial charge in [0.2, 0.25) is 0 Å². The molecule has 23 heavy (non-hydrogen) atoms. The van der Waals surface area contributed by atoms with Crippen LogP contribution in [0.3, 0.4) is 0 Å². The average Bonchev–Trinajstić information content (AvgIpc) is 2.55. The van der Waals surface area contributed by atoms with Crippen LogP contribution < -0.4 is 16.4 Å². The lowest BCUT2D eigenvalue weighted by Gasteiger charge is -2.09. The first kappa shape index (κ1) is 16.2. The number of hydrogen-bond donors (Lipinski definition) is 3. The van der Waals surface area contributed by atoms with Gasteiger partial charge >= 0.3 is 11.8 Å². The van der Waals surface area contributed by atoms with Gasteiger partial charge in [0.1, 0.15) is 0 Å². The Balaban J connectivity index is 2.05. The summed E-state index contributed by atoms with van der Waals surface area (Å²) in [4.78, 5) is 35.1. The zero-order chi connectivity index (χ0) is 16.8. The van der Waals surface area contributed by atoms with E-state index in [1.807, 2.05) is 19.1 Å². The standard InChI is InChI=1S/C17H17N3O3/c1-2-11-7-9-12(10-8-11)19-16(22)17(23)20-14-6-4-3-5-13(14)15(18)21/h3-10H,2H2,1H3,(H2,18,21)(H,19,22)(H,20,23). The van der Waals surface area contributed by atoms with Gasteiger partial charge < -0.3 is 16.4 Å². The molecule has 6 heteroatoms. The van der Waals surface area contributed by atoms with Gasteiger partial charge in [0.25, 0.3) is 5.91 Å². The van der Waals surface area contributed by atoms with Gasteiger partial charge in [-0.15, -0.1) is 0 Å². The number of benzene rings is 2. The number of amides is 3. The molecule has 2 aromatic rings. The first-order valence-corrected chi connectivity index (χ1v) is 7.11. The van der Waals surface area contributed by atoms with Crippen LogP contribution in [-0.4, -0.2) is 17.7 Å². The molecule has 118 valence electrons. The number of aryl methyl sites for hydroxylation is 1. The molecule has 0 unspecified atom stereocenters. The molecule has 0 heterocycles. The van der Waals surface area contributed by atoms with Crippen LogP contribution in [0, 0.1) is 0 Å². The summed E-state index contributed by atoms with van der Waals surface area (Å²) in [7, 11) is 0. The molecule has 4 N–H and O–H groups in total. The number of nitrogens with two attached hydrogens (primary N) is 1. The van der Waals surface area contributed by atoms with E-state index in [1.165, 1.54) is 12.1 Å². The van der Waals surface area contributed by atoms with Crippen LogP contribution in [-0.2, 0) is 16.0 Å². The van der Waals surface area contributed by atoms with E-state index in [0.717, 1.165) is 12.0 Å². The molecule has 0 aliphatic heterocycles. The van der Waals surface area contributed by atoms with Crippen molar-refractivity contribution in [1.82, 2.24) is 0 Å². The van der Waals surface area contributed by atoms with Crippen LogP contribution >= 0.6 is 0 Å². The Hall–Kier alpha value is -3.15. The van der Waals surface area contributed by atoms with E-state index in [4.69, 9.17) is 5.73 Å². The van der Waals surface area contributed by atoms with E-state index in [1.54, 1.807) is 24.3 Å². The van der Waals surface area contributed by atoms with Gasteiger partial charge in [-0.05, 0) is 36.2 Å². The first-order chi connectivity index (χ1) is 11.0. The van der Waals surface area contributed by atoms with Crippen LogP contribution in [0.1, 0.15) is 22.8 Å². The summed E-state index contributed by atoms with van der Waals surface area (Å²) >= 11 is 0. The van der Waals surface area contributed by atoms with Crippen LogP contribution in [0.15, 0.2) is 48.5 Å². The minimum Gasteiger partial charge on any atom is -0.366 e. The third kappa shape index (κ3) is 4.16. The van der Waals surface area contributed by atoms with Gasteiger partial charge in [-0.2, -0.15) is 0 Å². The zero-order valence-corrected chi connectivity index (χ0v) is 12.6. The highest BCUT2D eigenvalue weighted by Gasteiger charge is 2.16. The second kappa shape index (κ2) is 7.22. The van der Waals surface area contributed by atoms with Gasteiger partial charge in [0.15, 0.2) is 0 Å². The molecular weight excluding hydrogens is 294 g/mol. The molecule has 2 rings (SSSR count). The monoisotopic (exact) mass is 311 g/mol. The Bertz CT molecular complexity index is 739. The fraction of sp³-hybridized carbons (Fsp3) is 0.118. The largest absolute Gasteiger partial charge is 0.366 e. The number of primary amides is 1. The maximum absolute atomic E-state index is 11.9. The number of anilines is 2. The number of rotatable bonds is 4. The van der Waals surface area contributed by atoms with E-state index in [0.29, 0.717) is 5.69 Å². The highest BCUT2D eigenvalue weighted by atomic mass is 16.2. The van der Waals surface area contributed by atoms with Crippen molar-refractivity contribution in [1.29, 1.82) is 0 Å². The molecular formula is C17H17N3O3. The Kier molecular flexibility index (Phi) is 5.09. The number of hydrogen-bond acceptors (Lipinski definition) is 3. The minimum atomic E-state index is -0.877. The van der Waals surface area contributed by atoms with Gasteiger partial charge in [-0.3, -0.25) is 14.4 Å². The number of carbonyl (C=O) groups excluding carboxylic acids is 3. The van der Waals surface area contributed by atoms with Gasteiger partial charge in [0.05, 0.1) is 11.3 Å². The lowest BCUT2D eigenvalue weighted by Crippen LogP contribution is -2.30. The van der Waals surface area contributed by atoms with Crippen LogP contribution in [0.4, 0.5) is 11.4 Å². The van der Waals surface area contributed by atoms with Gasteiger partial charge in [-0.1, -0.05) is 31.2 Å². The summed E-state index contributed by atoms with van der Waals surface area (Å²) in [5.41, 5.74) is 7.21. The van der Waals surface area contributed by atoms with Crippen molar-refractivity contribution in [2.75, 3.05) is 10.6 Å². The SMILES string of the molecule is CCc1ccc(NC(=O)C(=O)Nc2ccccc2C(N)=O)cc1. The van der Waals surface area contributed by atoms with E-state index >= 15 is 0 Å². The third-order valence-corrected chi connectivity index (χ3v) is 3.27. The van der Waals surface area contributed by atoms with Crippen molar-refractivity contribution in [2.24, 2.45) is 5.73 Å². The van der Waals surface area contributed by atoms with Crippen molar-refractivity contribution in [3.63, 3.8) is 0 Å². The third-order valence-electron chi connectivity index (χ3n) is 3.27. The maximum atomic E-state index is 11.9. The zero-order valence-electron chi connectivity index (χ0n) is 12.6. The fourth-order valence-electron chi connectivity index (χ4n) is 2.00. The summed E-state index contributed by atoms with van der Waals surface area (Å²) in [6.07, 6.45) is 0.888. The van der Waals surface area contributed by atoms with E-state index in [-0.39, 0.29) is 11.3 Å². The molecule has 0 aliphatic rings. The molecule has 3 amide bonds. The molecule has 0 bridgehead atoms. The molecule has 0 spiro atoms. The normalized spacial score (nSPS) is 9.96. The Morgan fingerprint density at radius 2 is 1.52 bits per heavy atom. The summed E-state index contributed by atoms with van der Waals surface area (Å²) < 4.78 is 0. The van der Waals surface area contributed by atoms with Crippen LogP contribution in [0.2, 0.25) is 0 Å². The summed E-state index contributed by atoms with van der Waals surface area (Å²) in [5.74, 6) is -2.39. The number of para-hydroxylation sites is 1. The molecule has 0 radical (unpaired) electrons. The van der Waals surface area contributed by atoms with Crippen molar-refractivity contribution >= 4 is 29.1 Å². The Labute approximate surface area is 133 Å². The van der Waals surface area contributed by atoms with Gasteiger partial charge in [-0.25, -0.2) is 0 Å². The maximum Gasteiger partial charge on any atom is 0.314 e. The van der Waals surface area contributed by atoms with Gasteiger partial charge in [0, 0.05) is 5.69 Å². The van der Waals surface area contributed by atoms with E-state index in [2.05, 4.69) is 10.6 Å². The summed E-state index contributed by atoms with van der Waals surface area (Å²) in [6.45, 7) is 2.03. The summed E-state index contributed by atoms with van der Waals surface area (Å²) in [6, 6.07) is 13.4.